The molecule has 8 nitrogen and oxygen atoms in total. The summed E-state index contributed by atoms with van der Waals surface area (Å²) in [7, 11) is -3.10. The minimum Gasteiger partial charge on any atom is -0.454 e. The van der Waals surface area contributed by atoms with Crippen LogP contribution in [0.1, 0.15) is 29.3 Å². The van der Waals surface area contributed by atoms with Crippen LogP contribution in [0, 0.1) is 6.92 Å². The van der Waals surface area contributed by atoms with Crippen LogP contribution in [0.25, 0.3) is 0 Å². The molecule has 1 saturated heterocycles. The fourth-order valence-corrected chi connectivity index (χ4v) is 4.24. The Bertz CT molecular complexity index is 805. The van der Waals surface area contributed by atoms with Gasteiger partial charge in [0.05, 0.1) is 11.5 Å². The molecule has 2 amide bonds. The number of carbonyl (C=O) groups excluding carboxylic acids is 3. The summed E-state index contributed by atoms with van der Waals surface area (Å²) in [6.45, 7) is 2.78. The van der Waals surface area contributed by atoms with E-state index in [0.717, 1.165) is 5.56 Å². The second-order valence-corrected chi connectivity index (χ2v) is 8.57. The number of carbonyl (C=O) groups is 3. The van der Waals surface area contributed by atoms with Crippen LogP contribution in [0.3, 0.4) is 0 Å². The number of rotatable bonds is 6. The first-order chi connectivity index (χ1) is 12.2. The molecule has 0 saturated carbocycles. The monoisotopic (exact) mass is 382 g/mol. The molecule has 1 aliphatic rings. The maximum atomic E-state index is 12.1. The summed E-state index contributed by atoms with van der Waals surface area (Å²) in [4.78, 5) is 35.7. The number of nitrogens with one attached hydrogen (secondary N) is 2. The smallest absolute Gasteiger partial charge is 0.328 e. The first kappa shape index (κ1) is 19.9. The van der Waals surface area contributed by atoms with E-state index in [4.69, 9.17) is 4.74 Å². The number of esters is 1. The predicted octanol–water partition coefficient (Wildman–Crippen LogP) is -0.0402. The van der Waals surface area contributed by atoms with Gasteiger partial charge in [0.1, 0.15) is 6.04 Å². The molecule has 1 aromatic carbocycles. The Hall–Kier alpha value is -2.42. The molecule has 1 aliphatic heterocycles. The highest BCUT2D eigenvalue weighted by Crippen LogP contribution is 2.11. The van der Waals surface area contributed by atoms with Crippen LogP contribution in [0.5, 0.6) is 0 Å². The largest absolute Gasteiger partial charge is 0.454 e. The highest BCUT2D eigenvalue weighted by molar-refractivity contribution is 7.91. The van der Waals surface area contributed by atoms with Gasteiger partial charge in [-0.05, 0) is 32.4 Å². The molecule has 2 rings (SSSR count). The molecule has 0 aromatic heterocycles. The van der Waals surface area contributed by atoms with Gasteiger partial charge >= 0.3 is 5.97 Å². The molecule has 0 bridgehead atoms. The van der Waals surface area contributed by atoms with E-state index >= 15 is 0 Å². The van der Waals surface area contributed by atoms with E-state index in [-0.39, 0.29) is 11.5 Å². The van der Waals surface area contributed by atoms with Crippen molar-refractivity contribution in [1.82, 2.24) is 10.6 Å². The lowest BCUT2D eigenvalue weighted by atomic mass is 10.1. The molecule has 1 heterocycles. The van der Waals surface area contributed by atoms with E-state index in [0.29, 0.717) is 12.0 Å². The molecule has 0 aliphatic carbocycles. The number of sulfone groups is 1. The Morgan fingerprint density at radius 3 is 2.65 bits per heavy atom. The maximum Gasteiger partial charge on any atom is 0.328 e. The number of amides is 2. The quantitative estimate of drug-likeness (QED) is 0.667. The molecule has 142 valence electrons. The number of aryl methyl sites for hydroxylation is 1. The van der Waals surface area contributed by atoms with Gasteiger partial charge in [0, 0.05) is 11.6 Å². The van der Waals surface area contributed by atoms with Gasteiger partial charge in [-0.25, -0.2) is 13.2 Å². The van der Waals surface area contributed by atoms with E-state index in [9.17, 15) is 22.8 Å². The van der Waals surface area contributed by atoms with Crippen molar-refractivity contribution in [2.75, 3.05) is 18.1 Å². The molecular weight excluding hydrogens is 360 g/mol. The van der Waals surface area contributed by atoms with Crippen molar-refractivity contribution in [3.63, 3.8) is 0 Å². The lowest BCUT2D eigenvalue weighted by Gasteiger charge is -2.15. The molecule has 0 unspecified atom stereocenters. The molecule has 26 heavy (non-hydrogen) atoms. The van der Waals surface area contributed by atoms with Crippen LogP contribution < -0.4 is 10.6 Å². The summed E-state index contributed by atoms with van der Waals surface area (Å²) in [5.41, 5.74) is 1.34. The molecule has 0 spiro atoms. The van der Waals surface area contributed by atoms with Gasteiger partial charge in [-0.3, -0.25) is 9.59 Å². The molecule has 0 radical (unpaired) electrons. The van der Waals surface area contributed by atoms with Crippen LogP contribution in [0.2, 0.25) is 0 Å². The number of hydrogen-bond donors (Lipinski definition) is 2. The summed E-state index contributed by atoms with van der Waals surface area (Å²) in [6.07, 6.45) is 0.352. The molecule has 1 fully saturated rings. The average Bonchev–Trinajstić information content (AvgIpc) is 2.91. The molecule has 2 N–H and O–H groups in total. The Kier molecular flexibility index (Phi) is 6.36. The van der Waals surface area contributed by atoms with Gasteiger partial charge in [-0.2, -0.15) is 0 Å². The second-order valence-electron chi connectivity index (χ2n) is 6.34. The van der Waals surface area contributed by atoms with Gasteiger partial charge in [0.2, 0.25) is 0 Å². The maximum absolute atomic E-state index is 12.1. The van der Waals surface area contributed by atoms with Gasteiger partial charge in [0.15, 0.2) is 16.4 Å². The first-order valence-electron chi connectivity index (χ1n) is 8.20. The Labute approximate surface area is 152 Å². The zero-order chi connectivity index (χ0) is 19.3. The standard InChI is InChI=1S/C17H22N2O6S/c1-11-4-3-5-13(8-11)16(21)18-12(2)17(22)25-9-15(20)19-14-6-7-26(23,24)10-14/h3-5,8,12,14H,6-7,9-10H2,1-2H3,(H,18,21)(H,19,20)/t12-,14-/m0/s1. The third kappa shape index (κ3) is 5.83. The van der Waals surface area contributed by atoms with E-state index in [1.807, 2.05) is 13.0 Å². The van der Waals surface area contributed by atoms with Crippen LogP contribution in [-0.2, 0) is 24.2 Å². The highest BCUT2D eigenvalue weighted by atomic mass is 32.2. The Morgan fingerprint density at radius 1 is 1.31 bits per heavy atom. The van der Waals surface area contributed by atoms with Crippen molar-refractivity contribution in [3.05, 3.63) is 35.4 Å². The van der Waals surface area contributed by atoms with E-state index in [2.05, 4.69) is 10.6 Å². The summed E-state index contributed by atoms with van der Waals surface area (Å²) in [5, 5.41) is 5.03. The zero-order valence-corrected chi connectivity index (χ0v) is 15.5. The second kappa shape index (κ2) is 8.31. The molecular formula is C17H22N2O6S. The Morgan fingerprint density at radius 2 is 2.04 bits per heavy atom. The summed E-state index contributed by atoms with van der Waals surface area (Å²) < 4.78 is 27.6. The number of hydrogen-bond acceptors (Lipinski definition) is 6. The Balaban J connectivity index is 1.76. The van der Waals surface area contributed by atoms with E-state index in [1.165, 1.54) is 6.92 Å². The summed E-state index contributed by atoms with van der Waals surface area (Å²) in [5.74, 6) is -1.80. The number of ether oxygens (including phenoxy) is 1. The number of benzene rings is 1. The minimum absolute atomic E-state index is 0.0414. The lowest BCUT2D eigenvalue weighted by molar-refractivity contribution is -0.150. The zero-order valence-electron chi connectivity index (χ0n) is 14.7. The van der Waals surface area contributed by atoms with Crippen LogP contribution >= 0.6 is 0 Å². The average molecular weight is 382 g/mol. The van der Waals surface area contributed by atoms with Crippen LogP contribution in [0.4, 0.5) is 0 Å². The van der Waals surface area contributed by atoms with Crippen LogP contribution in [0.15, 0.2) is 24.3 Å². The van der Waals surface area contributed by atoms with E-state index < -0.39 is 46.3 Å². The third-order valence-corrected chi connectivity index (χ3v) is 5.69. The van der Waals surface area contributed by atoms with Gasteiger partial charge in [-0.15, -0.1) is 0 Å². The van der Waals surface area contributed by atoms with Crippen molar-refractivity contribution in [1.29, 1.82) is 0 Å². The SMILES string of the molecule is Cc1cccc(C(=O)N[C@@H](C)C(=O)OCC(=O)N[C@H]2CCS(=O)(=O)C2)c1. The summed E-state index contributed by atoms with van der Waals surface area (Å²) >= 11 is 0. The van der Waals surface area contributed by atoms with Gasteiger partial charge in [0.25, 0.3) is 11.8 Å². The molecule has 1 aromatic rings. The van der Waals surface area contributed by atoms with Gasteiger partial charge < -0.3 is 15.4 Å². The normalized spacial score (nSPS) is 19.4. The fraction of sp³-hybridized carbons (Fsp3) is 0.471. The van der Waals surface area contributed by atoms with Crippen molar-refractivity contribution < 1.29 is 27.5 Å². The first-order valence-corrected chi connectivity index (χ1v) is 10.0. The van der Waals surface area contributed by atoms with Crippen molar-refractivity contribution in [2.45, 2.75) is 32.4 Å². The predicted molar refractivity (Wildman–Crippen MR) is 94.3 cm³/mol. The highest BCUT2D eigenvalue weighted by Gasteiger charge is 2.29. The van der Waals surface area contributed by atoms with Crippen molar-refractivity contribution in [2.24, 2.45) is 0 Å². The topological polar surface area (TPSA) is 119 Å². The minimum atomic E-state index is -3.10. The molecule has 2 atom stereocenters. The summed E-state index contributed by atoms with van der Waals surface area (Å²) in [6, 6.07) is 5.52. The van der Waals surface area contributed by atoms with Crippen LogP contribution in [-0.4, -0.2) is 56.4 Å². The third-order valence-electron chi connectivity index (χ3n) is 3.92. The van der Waals surface area contributed by atoms with Gasteiger partial charge in [-0.1, -0.05) is 17.7 Å². The lowest BCUT2D eigenvalue weighted by Crippen LogP contribution is -2.42. The molecule has 9 heteroatoms. The van der Waals surface area contributed by atoms with Crippen molar-refractivity contribution >= 4 is 27.6 Å². The fourth-order valence-electron chi connectivity index (χ4n) is 2.57. The van der Waals surface area contributed by atoms with E-state index in [1.54, 1.807) is 18.2 Å². The van der Waals surface area contributed by atoms with Crippen molar-refractivity contribution in [3.8, 4) is 0 Å².